The lowest BCUT2D eigenvalue weighted by atomic mass is 10.0. The maximum atomic E-state index is 5.58. The molecular weight excluding hydrogens is 985 g/mol. The molecule has 4 heterocycles. The van der Waals surface area contributed by atoms with Gasteiger partial charge in [-0.3, -0.25) is 0 Å². The van der Waals surface area contributed by atoms with Gasteiger partial charge in [-0.1, -0.05) is 218 Å². The Morgan fingerprint density at radius 3 is 0.704 bits per heavy atom. The fourth-order valence-corrected chi connectivity index (χ4v) is 11.4. The molecule has 6 nitrogen and oxygen atoms in total. The van der Waals surface area contributed by atoms with E-state index in [1.54, 1.807) is 0 Å². The van der Waals surface area contributed by atoms with Crippen LogP contribution in [0.5, 0.6) is 0 Å². The van der Waals surface area contributed by atoms with Gasteiger partial charge in [0.05, 0.1) is 11.4 Å². The Morgan fingerprint density at radius 2 is 0.457 bits per heavy atom. The first-order chi connectivity index (χ1) is 40.1. The number of hydrogen-bond acceptors (Lipinski definition) is 4. The first-order valence-corrected chi connectivity index (χ1v) is 28.0. The number of aromatic nitrogens is 3. The minimum absolute atomic E-state index is 0.786. The molecule has 0 radical (unpaired) electrons. The topological polar surface area (TPSA) is 54.2 Å². The molecule has 0 atom stereocenters. The minimum atomic E-state index is 0.786. The number of rotatable bonds is 18. The van der Waals surface area contributed by atoms with E-state index in [-0.39, 0.29) is 0 Å². The Labute approximate surface area is 474 Å². The molecule has 9 aromatic carbocycles. The number of anilines is 3. The minimum Gasteiger partial charge on any atom is -0.363 e. The molecule has 2 N–H and O–H groups in total. The zero-order valence-corrected chi connectivity index (χ0v) is 45.2. The molecule has 6 bridgehead atoms. The lowest BCUT2D eigenvalue weighted by Gasteiger charge is -2.26. The van der Waals surface area contributed by atoms with Gasteiger partial charge in [0.25, 0.3) is 0 Å². The fraction of sp³-hybridized carbons (Fsp3) is 0.0800. The highest BCUT2D eigenvalue weighted by Crippen LogP contribution is 2.39. The van der Waals surface area contributed by atoms with Crippen molar-refractivity contribution in [3.05, 3.63) is 324 Å². The van der Waals surface area contributed by atoms with Crippen LogP contribution in [0.3, 0.4) is 0 Å². The van der Waals surface area contributed by atoms with Crippen LogP contribution in [0.4, 0.5) is 17.1 Å². The van der Waals surface area contributed by atoms with Crippen molar-refractivity contribution in [1.82, 2.24) is 15.0 Å². The fourth-order valence-electron chi connectivity index (χ4n) is 11.4. The molecule has 0 unspecified atom stereocenters. The summed E-state index contributed by atoms with van der Waals surface area (Å²) in [6.07, 6.45) is 4.38. The Kier molecular flexibility index (Phi) is 14.6. The number of aromatic amines is 2. The van der Waals surface area contributed by atoms with Gasteiger partial charge in [-0.2, -0.15) is 0 Å². The summed E-state index contributed by atoms with van der Waals surface area (Å²) in [6.45, 7) is 4.72. The highest BCUT2D eigenvalue weighted by Gasteiger charge is 2.20. The molecule has 1 aliphatic rings. The molecule has 13 rings (SSSR count). The number of nitrogens with one attached hydrogen (secondary N) is 2. The van der Waals surface area contributed by atoms with Crippen LogP contribution in [0.1, 0.15) is 44.8 Å². The molecule has 12 aromatic rings. The Balaban J connectivity index is 0.944. The number of hydrogen-bond donors (Lipinski definition) is 2. The predicted molar refractivity (Wildman–Crippen MR) is 339 cm³/mol. The number of H-pyrrole nitrogens is 2. The Morgan fingerprint density at radius 1 is 0.235 bits per heavy atom. The lowest BCUT2D eigenvalue weighted by Crippen LogP contribution is -2.22. The van der Waals surface area contributed by atoms with E-state index in [9.17, 15) is 0 Å². The van der Waals surface area contributed by atoms with Crippen LogP contribution < -0.4 is 14.7 Å². The maximum absolute atomic E-state index is 5.58. The van der Waals surface area contributed by atoms with E-state index in [1.807, 2.05) is 0 Å². The second kappa shape index (κ2) is 23.4. The smallest absolute Gasteiger partial charge is 0.0737 e. The average molecular weight is 1050 g/mol. The predicted octanol–water partition coefficient (Wildman–Crippen LogP) is 18.3. The summed E-state index contributed by atoms with van der Waals surface area (Å²) in [5, 5.41) is 0. The van der Waals surface area contributed by atoms with Crippen molar-refractivity contribution in [3.63, 3.8) is 0 Å². The van der Waals surface area contributed by atoms with Crippen molar-refractivity contribution in [3.8, 4) is 33.4 Å². The van der Waals surface area contributed by atoms with E-state index in [0.717, 1.165) is 123 Å². The number of fused-ring (bicyclic) bond motifs is 6. The van der Waals surface area contributed by atoms with Crippen LogP contribution >= 0.6 is 0 Å². The van der Waals surface area contributed by atoms with Gasteiger partial charge in [-0.05, 0) is 123 Å². The third kappa shape index (κ3) is 11.5. The highest BCUT2D eigenvalue weighted by atomic mass is 15.1. The van der Waals surface area contributed by atoms with Crippen molar-refractivity contribution in [2.75, 3.05) is 14.7 Å². The summed E-state index contributed by atoms with van der Waals surface area (Å²) in [4.78, 5) is 20.9. The second-order valence-corrected chi connectivity index (χ2v) is 21.0. The van der Waals surface area contributed by atoms with Gasteiger partial charge in [-0.25, -0.2) is 4.98 Å². The van der Waals surface area contributed by atoms with Crippen LogP contribution in [-0.4, -0.2) is 15.0 Å². The molecule has 0 amide bonds. The van der Waals surface area contributed by atoms with Crippen molar-refractivity contribution in [1.29, 1.82) is 0 Å². The largest absolute Gasteiger partial charge is 0.363 e. The molecule has 0 saturated carbocycles. The standard InChI is InChI=1S/C75H62N6/c1-7-19-55(20-8-1)49-79(50-56-21-9-2-10-22-56)64-37-31-61(32-38-64)73-67-43-45-69(76-67)74(62-33-39-65(40-34-62)80(51-57-23-11-3-12-24-57)52-58-25-13-4-14-26-58)71-47-48-72(78-71)75(70-46-44-68(73)77-70)63-35-41-66(42-36-63)81(53-59-27-15-5-16-28-59)54-60-29-17-6-18-30-60/h1-48,76-77H,49-54H2. The van der Waals surface area contributed by atoms with Crippen LogP contribution in [0, 0.1) is 0 Å². The molecule has 0 aliphatic carbocycles. The molecule has 6 heteroatoms. The van der Waals surface area contributed by atoms with Gasteiger partial charge < -0.3 is 24.7 Å². The Bertz CT molecular complexity index is 3790. The highest BCUT2D eigenvalue weighted by molar-refractivity contribution is 6.00. The van der Waals surface area contributed by atoms with E-state index in [1.165, 1.54) is 33.4 Å². The van der Waals surface area contributed by atoms with Gasteiger partial charge in [-0.15, -0.1) is 0 Å². The zero-order valence-electron chi connectivity index (χ0n) is 45.2. The van der Waals surface area contributed by atoms with E-state index >= 15 is 0 Å². The second-order valence-electron chi connectivity index (χ2n) is 21.0. The molecule has 1 aliphatic heterocycles. The van der Waals surface area contributed by atoms with Gasteiger partial charge in [0.1, 0.15) is 0 Å². The summed E-state index contributed by atoms with van der Waals surface area (Å²) < 4.78 is 0. The van der Waals surface area contributed by atoms with E-state index in [4.69, 9.17) is 4.98 Å². The summed E-state index contributed by atoms with van der Waals surface area (Å²) >= 11 is 0. The quantitative estimate of drug-likeness (QED) is 0.0899. The summed E-state index contributed by atoms with van der Waals surface area (Å²) in [5.41, 5.74) is 23.3. The average Bonchev–Trinajstić information content (AvgIpc) is 4.38. The van der Waals surface area contributed by atoms with Crippen LogP contribution in [-0.2, 0) is 39.3 Å². The van der Waals surface area contributed by atoms with Gasteiger partial charge >= 0.3 is 0 Å². The van der Waals surface area contributed by atoms with Crippen LogP contribution in [0.2, 0.25) is 0 Å². The van der Waals surface area contributed by atoms with E-state index in [0.29, 0.717) is 0 Å². The normalized spacial score (nSPS) is 11.5. The van der Waals surface area contributed by atoms with Gasteiger partial charge in [0.2, 0.25) is 0 Å². The molecule has 0 spiro atoms. The summed E-state index contributed by atoms with van der Waals surface area (Å²) in [6, 6.07) is 101. The van der Waals surface area contributed by atoms with Crippen molar-refractivity contribution in [2.45, 2.75) is 39.3 Å². The molecule has 0 saturated heterocycles. The maximum Gasteiger partial charge on any atom is 0.0737 e. The van der Waals surface area contributed by atoms with Crippen molar-refractivity contribution in [2.24, 2.45) is 0 Å². The first-order valence-electron chi connectivity index (χ1n) is 28.0. The zero-order chi connectivity index (χ0) is 54.2. The third-order valence-electron chi connectivity index (χ3n) is 15.5. The summed E-state index contributed by atoms with van der Waals surface area (Å²) in [7, 11) is 0. The van der Waals surface area contributed by atoms with Gasteiger partial charge in [0, 0.05) is 95.1 Å². The molecule has 392 valence electrons. The van der Waals surface area contributed by atoms with Gasteiger partial charge in [0.15, 0.2) is 0 Å². The van der Waals surface area contributed by atoms with E-state index in [2.05, 4.69) is 316 Å². The number of benzene rings is 9. The van der Waals surface area contributed by atoms with Crippen LogP contribution in [0.15, 0.2) is 279 Å². The summed E-state index contributed by atoms with van der Waals surface area (Å²) in [5.74, 6) is 0. The van der Waals surface area contributed by atoms with Crippen molar-refractivity contribution >= 4 is 51.3 Å². The first kappa shape index (κ1) is 50.3. The Hall–Kier alpha value is -10.2. The molecular formula is C75H62N6. The van der Waals surface area contributed by atoms with Crippen LogP contribution in [0.25, 0.3) is 67.6 Å². The van der Waals surface area contributed by atoms with Crippen molar-refractivity contribution < 1.29 is 0 Å². The van der Waals surface area contributed by atoms with E-state index < -0.39 is 0 Å². The third-order valence-corrected chi connectivity index (χ3v) is 15.5. The molecule has 0 fully saturated rings. The molecule has 3 aromatic heterocycles. The monoisotopic (exact) mass is 1050 g/mol. The SMILES string of the molecule is C1=Cc2nc1c(-c1ccc(N(Cc3ccccc3)Cc3ccccc3)cc1)c1ccc([nH]1)c(-c1ccc(N(Cc3ccccc3)Cc3ccccc3)cc1)c1ccc([nH]1)c2-c1ccc(N(Cc2ccccc2)Cc2ccccc2)cc1. The lowest BCUT2D eigenvalue weighted by molar-refractivity contribution is 0.800. The molecule has 81 heavy (non-hydrogen) atoms. The number of nitrogens with zero attached hydrogens (tertiary/aromatic N) is 4.